The number of hydrogen-bond donors (Lipinski definition) is 3. The van der Waals surface area contributed by atoms with Gasteiger partial charge in [-0.25, -0.2) is 13.6 Å². The molecule has 0 radical (unpaired) electrons. The van der Waals surface area contributed by atoms with E-state index >= 15 is 0 Å². The molecule has 1 atom stereocenters. The molecule has 3 amide bonds. The van der Waals surface area contributed by atoms with Gasteiger partial charge in [-0.2, -0.15) is 0 Å². The zero-order chi connectivity index (χ0) is 33.4. The first-order valence-electron chi connectivity index (χ1n) is 17.8. The van der Waals surface area contributed by atoms with Crippen molar-refractivity contribution in [3.8, 4) is 0 Å². The maximum absolute atomic E-state index is 14.0. The normalized spacial score (nSPS) is 20.3. The van der Waals surface area contributed by atoms with Gasteiger partial charge < -0.3 is 26.2 Å². The molecule has 3 fully saturated rings. The lowest BCUT2D eigenvalue weighted by Crippen LogP contribution is -2.57. The third-order valence-corrected chi connectivity index (χ3v) is 10.6. The van der Waals surface area contributed by atoms with Crippen molar-refractivity contribution in [3.05, 3.63) is 64.7 Å². The second kappa shape index (κ2) is 16.2. The first kappa shape index (κ1) is 35.1. The van der Waals surface area contributed by atoms with E-state index in [1.807, 2.05) is 28.0 Å². The fourth-order valence-electron chi connectivity index (χ4n) is 7.50. The van der Waals surface area contributed by atoms with Gasteiger partial charge in [0.1, 0.15) is 6.04 Å². The third-order valence-electron chi connectivity index (χ3n) is 10.6. The van der Waals surface area contributed by atoms with Gasteiger partial charge in [-0.15, -0.1) is 0 Å². The number of anilines is 1. The van der Waals surface area contributed by atoms with Crippen LogP contribution >= 0.6 is 0 Å². The number of nitrogens with zero attached hydrogens (tertiary/aromatic N) is 3. The van der Waals surface area contributed by atoms with Gasteiger partial charge in [0.05, 0.1) is 0 Å². The molecule has 3 heterocycles. The van der Waals surface area contributed by atoms with Crippen LogP contribution in [0.15, 0.2) is 42.5 Å². The van der Waals surface area contributed by atoms with Crippen LogP contribution in [0.4, 0.5) is 19.3 Å². The number of alkyl halides is 2. The molecule has 0 unspecified atom stereocenters. The van der Waals surface area contributed by atoms with Gasteiger partial charge in [0.25, 0.3) is 5.92 Å². The van der Waals surface area contributed by atoms with Crippen molar-refractivity contribution in [2.24, 2.45) is 0 Å². The molecule has 0 bridgehead atoms. The Labute approximate surface area is 279 Å². The van der Waals surface area contributed by atoms with E-state index in [1.54, 1.807) is 0 Å². The Kier molecular flexibility index (Phi) is 12.1. The molecule has 10 heteroatoms. The Morgan fingerprint density at radius 1 is 0.872 bits per heavy atom. The van der Waals surface area contributed by atoms with Crippen molar-refractivity contribution in [1.82, 2.24) is 25.3 Å². The number of piperidine rings is 3. The molecule has 3 aliphatic rings. The Morgan fingerprint density at radius 2 is 1.53 bits per heavy atom. The van der Waals surface area contributed by atoms with Crippen molar-refractivity contribution >= 4 is 17.6 Å². The minimum Gasteiger partial charge on any atom is -0.399 e. The van der Waals surface area contributed by atoms with Gasteiger partial charge in [-0.1, -0.05) is 50.2 Å². The standard InChI is InChI=1S/C37H54F2N6O2/c1-3-28-10-9-27(25-29(28)4-2)26-34(35(46)44-21-14-32(15-22-44)43-23-16-37(38,39)17-24-43)42-36(47)45-19-12-31(13-20-45)41-18-11-30-7-5-6-8-33(30)40/h5-10,25,31-32,34,41H,3-4,11-24,26,40H2,1-2H3,(H,42,47)/t34-/m1/s1. The number of rotatable bonds is 11. The molecule has 3 saturated heterocycles. The number of urea groups is 1. The summed E-state index contributed by atoms with van der Waals surface area (Å²) in [5.41, 5.74) is 11.7. The molecule has 258 valence electrons. The number of aryl methyl sites for hydroxylation is 2. The molecule has 5 rings (SSSR count). The van der Waals surface area contributed by atoms with Crippen molar-refractivity contribution in [2.45, 2.75) is 102 Å². The van der Waals surface area contributed by atoms with Gasteiger partial charge in [0.15, 0.2) is 0 Å². The Bertz CT molecular complexity index is 1330. The summed E-state index contributed by atoms with van der Waals surface area (Å²) in [4.78, 5) is 33.5. The molecule has 47 heavy (non-hydrogen) atoms. The molecule has 8 nitrogen and oxygen atoms in total. The average molecular weight is 653 g/mol. The second-order valence-electron chi connectivity index (χ2n) is 13.6. The third kappa shape index (κ3) is 9.44. The average Bonchev–Trinajstić information content (AvgIpc) is 3.08. The fraction of sp³-hybridized carbons (Fsp3) is 0.622. The lowest BCUT2D eigenvalue weighted by molar-refractivity contribution is -0.135. The Hall–Kier alpha value is -3.24. The molecule has 0 aliphatic carbocycles. The fourth-order valence-corrected chi connectivity index (χ4v) is 7.50. The number of likely N-dealkylation sites (tertiary alicyclic amines) is 3. The molecule has 3 aliphatic heterocycles. The predicted octanol–water partition coefficient (Wildman–Crippen LogP) is 5.03. The number of hydrogen-bond acceptors (Lipinski definition) is 5. The van der Waals surface area contributed by atoms with Crippen LogP contribution < -0.4 is 16.4 Å². The van der Waals surface area contributed by atoms with E-state index in [1.165, 1.54) is 11.1 Å². The van der Waals surface area contributed by atoms with Gasteiger partial charge in [-0.05, 0) is 79.8 Å². The van der Waals surface area contributed by atoms with E-state index in [2.05, 4.69) is 53.6 Å². The number of amides is 3. The van der Waals surface area contributed by atoms with Crippen LogP contribution in [0, 0.1) is 0 Å². The number of nitrogens with two attached hydrogens (primary N) is 1. The number of halogens is 2. The van der Waals surface area contributed by atoms with E-state index < -0.39 is 12.0 Å². The predicted molar refractivity (Wildman–Crippen MR) is 184 cm³/mol. The summed E-state index contributed by atoms with van der Waals surface area (Å²) in [6.45, 7) is 8.35. The SMILES string of the molecule is CCc1ccc(C[C@@H](NC(=O)N2CCC(NCCc3ccccc3N)CC2)C(=O)N2CCC(N3CCC(F)(F)CC3)CC2)cc1CC. The van der Waals surface area contributed by atoms with Crippen LogP contribution in [0.1, 0.15) is 74.6 Å². The van der Waals surface area contributed by atoms with Crippen molar-refractivity contribution < 1.29 is 18.4 Å². The Balaban J connectivity index is 1.17. The highest BCUT2D eigenvalue weighted by atomic mass is 19.3. The summed E-state index contributed by atoms with van der Waals surface area (Å²) >= 11 is 0. The number of carbonyl (C=O) groups is 2. The van der Waals surface area contributed by atoms with Gasteiger partial charge in [0.2, 0.25) is 5.91 Å². The smallest absolute Gasteiger partial charge is 0.318 e. The number of nitrogens with one attached hydrogen (secondary N) is 2. The molecular weight excluding hydrogens is 598 g/mol. The van der Waals surface area contributed by atoms with Gasteiger partial charge >= 0.3 is 6.03 Å². The summed E-state index contributed by atoms with van der Waals surface area (Å²) in [6.07, 6.45) is 6.22. The van der Waals surface area contributed by atoms with E-state index in [0.717, 1.165) is 68.3 Å². The highest BCUT2D eigenvalue weighted by Gasteiger charge is 2.38. The maximum atomic E-state index is 14.0. The first-order chi connectivity index (χ1) is 22.7. The summed E-state index contributed by atoms with van der Waals surface area (Å²) < 4.78 is 27.4. The number of para-hydroxylation sites is 1. The topological polar surface area (TPSA) is 93.9 Å². The Morgan fingerprint density at radius 3 is 2.19 bits per heavy atom. The lowest BCUT2D eigenvalue weighted by atomic mass is 9.95. The van der Waals surface area contributed by atoms with Crippen LogP contribution in [-0.2, 0) is 30.5 Å². The van der Waals surface area contributed by atoms with Crippen molar-refractivity contribution in [1.29, 1.82) is 0 Å². The molecule has 4 N–H and O–H groups in total. The molecule has 2 aromatic rings. The monoisotopic (exact) mass is 652 g/mol. The minimum atomic E-state index is -2.56. The van der Waals surface area contributed by atoms with Crippen molar-refractivity contribution in [2.75, 3.05) is 51.5 Å². The van der Waals surface area contributed by atoms with Gasteiger partial charge in [-0.3, -0.25) is 9.69 Å². The summed E-state index contributed by atoms with van der Waals surface area (Å²) in [6, 6.07) is 14.0. The highest BCUT2D eigenvalue weighted by Crippen LogP contribution is 2.31. The molecular formula is C37H54F2N6O2. The van der Waals surface area contributed by atoms with E-state index in [0.29, 0.717) is 51.7 Å². The highest BCUT2D eigenvalue weighted by molar-refractivity contribution is 5.87. The van der Waals surface area contributed by atoms with Crippen LogP contribution in [0.25, 0.3) is 0 Å². The first-order valence-corrected chi connectivity index (χ1v) is 17.8. The van der Waals surface area contributed by atoms with Crippen LogP contribution in [0.2, 0.25) is 0 Å². The van der Waals surface area contributed by atoms with E-state index in [9.17, 15) is 18.4 Å². The number of benzene rings is 2. The molecule has 0 saturated carbocycles. The quantitative estimate of drug-likeness (QED) is 0.296. The van der Waals surface area contributed by atoms with Crippen LogP contribution in [0.5, 0.6) is 0 Å². The summed E-state index contributed by atoms with van der Waals surface area (Å²) in [5.74, 6) is -2.62. The molecule has 0 aromatic heterocycles. The van der Waals surface area contributed by atoms with Crippen molar-refractivity contribution in [3.63, 3.8) is 0 Å². The van der Waals surface area contributed by atoms with Gasteiger partial charge in [0, 0.05) is 76.3 Å². The molecule has 0 spiro atoms. The largest absolute Gasteiger partial charge is 0.399 e. The van der Waals surface area contributed by atoms with E-state index in [4.69, 9.17) is 5.73 Å². The lowest BCUT2D eigenvalue weighted by Gasteiger charge is -2.42. The van der Waals surface area contributed by atoms with Crippen LogP contribution in [-0.4, -0.2) is 96.5 Å². The number of nitrogen functional groups attached to an aromatic ring is 1. The molecule has 2 aromatic carbocycles. The zero-order valence-corrected chi connectivity index (χ0v) is 28.3. The van der Waals surface area contributed by atoms with Crippen LogP contribution in [0.3, 0.4) is 0 Å². The minimum absolute atomic E-state index is 0.0590. The maximum Gasteiger partial charge on any atom is 0.318 e. The summed E-state index contributed by atoms with van der Waals surface area (Å²) in [7, 11) is 0. The van der Waals surface area contributed by atoms with E-state index in [-0.39, 0.29) is 30.8 Å². The number of carbonyl (C=O) groups excluding carboxylic acids is 2. The zero-order valence-electron chi connectivity index (χ0n) is 28.3. The summed E-state index contributed by atoms with van der Waals surface area (Å²) in [5, 5.41) is 6.76. The second-order valence-corrected chi connectivity index (χ2v) is 13.6.